The predicted molar refractivity (Wildman–Crippen MR) is 89.7 cm³/mol. The molecule has 24 heavy (non-hydrogen) atoms. The minimum absolute atomic E-state index is 0.0810. The van der Waals surface area contributed by atoms with Crippen LogP contribution in [0.4, 0.5) is 11.4 Å². The molecule has 2 amide bonds. The molecule has 1 unspecified atom stereocenters. The Bertz CT molecular complexity index is 674. The lowest BCUT2D eigenvalue weighted by molar-refractivity contribution is -0.124. The summed E-state index contributed by atoms with van der Waals surface area (Å²) in [5.74, 6) is 0.586. The number of nitrogens with one attached hydrogen (secondary N) is 2. The molecule has 2 aromatic rings. The zero-order valence-electron chi connectivity index (χ0n) is 13.3. The van der Waals surface area contributed by atoms with Crippen molar-refractivity contribution in [3.63, 3.8) is 0 Å². The lowest BCUT2D eigenvalue weighted by Crippen LogP contribution is -2.26. The van der Waals surface area contributed by atoms with Crippen LogP contribution in [0.3, 0.4) is 0 Å². The number of ether oxygens (including phenoxy) is 1. The molecule has 0 spiro atoms. The van der Waals surface area contributed by atoms with Crippen LogP contribution in [-0.2, 0) is 20.7 Å². The molecule has 2 N–H and O–H groups in total. The maximum atomic E-state index is 12.0. The van der Waals surface area contributed by atoms with Crippen molar-refractivity contribution in [1.82, 2.24) is 0 Å². The molecule has 3 rings (SSSR count). The van der Waals surface area contributed by atoms with Gasteiger partial charge in [0.25, 0.3) is 5.91 Å². The van der Waals surface area contributed by atoms with Crippen molar-refractivity contribution in [2.45, 2.75) is 31.8 Å². The fourth-order valence-corrected chi connectivity index (χ4v) is 2.56. The fraction of sp³-hybridized carbons (Fsp3) is 0.333. The Hall–Kier alpha value is -2.60. The summed E-state index contributed by atoms with van der Waals surface area (Å²) in [7, 11) is 0. The molecule has 0 aliphatic carbocycles. The van der Waals surface area contributed by atoms with Gasteiger partial charge in [-0.3, -0.25) is 9.59 Å². The Morgan fingerprint density at radius 3 is 2.46 bits per heavy atom. The molecular weight excluding hydrogens is 308 g/mol. The molecule has 6 heteroatoms. The van der Waals surface area contributed by atoms with Crippen LogP contribution in [0, 0.1) is 0 Å². The van der Waals surface area contributed by atoms with Crippen LogP contribution in [0.5, 0.6) is 0 Å². The van der Waals surface area contributed by atoms with E-state index >= 15 is 0 Å². The van der Waals surface area contributed by atoms with Gasteiger partial charge in [-0.15, -0.1) is 0 Å². The molecule has 0 saturated carbocycles. The molecule has 1 saturated heterocycles. The van der Waals surface area contributed by atoms with E-state index in [1.54, 1.807) is 36.6 Å². The third-order valence-corrected chi connectivity index (χ3v) is 3.84. The topological polar surface area (TPSA) is 80.6 Å². The van der Waals surface area contributed by atoms with Gasteiger partial charge in [0.15, 0.2) is 0 Å². The number of anilines is 2. The third kappa shape index (κ3) is 4.45. The SMILES string of the molecule is O=C(CCc1ccco1)Nc1ccc(NC(=O)C2CCCO2)cc1. The number of benzene rings is 1. The van der Waals surface area contributed by atoms with Gasteiger partial charge in [0.2, 0.25) is 5.91 Å². The Kier molecular flexibility index (Phi) is 5.28. The molecule has 6 nitrogen and oxygen atoms in total. The van der Waals surface area contributed by atoms with Gasteiger partial charge in [-0.1, -0.05) is 0 Å². The summed E-state index contributed by atoms with van der Waals surface area (Å²) in [6, 6.07) is 10.7. The first kappa shape index (κ1) is 16.3. The van der Waals surface area contributed by atoms with Crippen LogP contribution in [0.1, 0.15) is 25.0 Å². The van der Waals surface area contributed by atoms with Crippen molar-refractivity contribution in [1.29, 1.82) is 0 Å². The van der Waals surface area contributed by atoms with E-state index in [0.717, 1.165) is 18.6 Å². The van der Waals surface area contributed by atoms with Crippen molar-refractivity contribution in [3.05, 3.63) is 48.4 Å². The van der Waals surface area contributed by atoms with Crippen molar-refractivity contribution < 1.29 is 18.7 Å². The van der Waals surface area contributed by atoms with Crippen LogP contribution in [0.15, 0.2) is 47.1 Å². The number of furan rings is 1. The third-order valence-electron chi connectivity index (χ3n) is 3.84. The first-order valence-electron chi connectivity index (χ1n) is 8.05. The molecule has 1 fully saturated rings. The van der Waals surface area contributed by atoms with E-state index in [1.165, 1.54) is 0 Å². The summed E-state index contributed by atoms with van der Waals surface area (Å²) < 4.78 is 10.5. The van der Waals surface area contributed by atoms with Crippen LogP contribution < -0.4 is 10.6 Å². The van der Waals surface area contributed by atoms with E-state index in [-0.39, 0.29) is 17.9 Å². The highest BCUT2D eigenvalue weighted by Crippen LogP contribution is 2.17. The quantitative estimate of drug-likeness (QED) is 0.854. The van der Waals surface area contributed by atoms with Gasteiger partial charge in [0.05, 0.1) is 6.26 Å². The lowest BCUT2D eigenvalue weighted by Gasteiger charge is -2.11. The number of hydrogen-bond donors (Lipinski definition) is 2. The number of amides is 2. The molecule has 1 aliphatic heterocycles. The van der Waals surface area contributed by atoms with Crippen LogP contribution in [0.25, 0.3) is 0 Å². The van der Waals surface area contributed by atoms with E-state index in [9.17, 15) is 9.59 Å². The molecule has 0 bridgehead atoms. The number of carbonyl (C=O) groups is 2. The molecule has 0 radical (unpaired) electrons. The smallest absolute Gasteiger partial charge is 0.253 e. The summed E-state index contributed by atoms with van der Waals surface area (Å²) in [5, 5.41) is 5.64. The number of rotatable bonds is 6. The standard InChI is InChI=1S/C18H20N2O4/c21-17(10-9-15-3-1-11-23-15)19-13-5-7-14(8-6-13)20-18(22)16-4-2-12-24-16/h1,3,5-8,11,16H,2,4,9-10,12H2,(H,19,21)(H,20,22). The van der Waals surface area contributed by atoms with E-state index in [2.05, 4.69) is 10.6 Å². The Balaban J connectivity index is 1.46. The van der Waals surface area contributed by atoms with Crippen molar-refractivity contribution >= 4 is 23.2 Å². The molecule has 1 aromatic heterocycles. The Morgan fingerprint density at radius 1 is 1.08 bits per heavy atom. The van der Waals surface area contributed by atoms with Crippen molar-refractivity contribution in [3.8, 4) is 0 Å². The molecule has 1 aromatic carbocycles. The number of carbonyl (C=O) groups excluding carboxylic acids is 2. The maximum absolute atomic E-state index is 12.0. The second-order valence-corrected chi connectivity index (χ2v) is 5.70. The highest BCUT2D eigenvalue weighted by molar-refractivity contribution is 5.95. The second-order valence-electron chi connectivity index (χ2n) is 5.70. The zero-order valence-corrected chi connectivity index (χ0v) is 13.3. The van der Waals surface area contributed by atoms with Crippen LogP contribution in [-0.4, -0.2) is 24.5 Å². The van der Waals surface area contributed by atoms with Crippen molar-refractivity contribution in [2.75, 3.05) is 17.2 Å². The largest absolute Gasteiger partial charge is 0.469 e. The van der Waals surface area contributed by atoms with E-state index in [0.29, 0.717) is 30.8 Å². The Labute approximate surface area is 140 Å². The number of aryl methyl sites for hydroxylation is 1. The van der Waals surface area contributed by atoms with Gasteiger partial charge in [-0.2, -0.15) is 0 Å². The summed E-state index contributed by atoms with van der Waals surface area (Å²) in [6.07, 6.45) is 3.83. The minimum Gasteiger partial charge on any atom is -0.469 e. The minimum atomic E-state index is -0.356. The first-order chi connectivity index (χ1) is 11.7. The first-order valence-corrected chi connectivity index (χ1v) is 8.05. The Morgan fingerprint density at radius 2 is 1.83 bits per heavy atom. The second kappa shape index (κ2) is 7.79. The summed E-state index contributed by atoms with van der Waals surface area (Å²) in [6.45, 7) is 0.640. The predicted octanol–water partition coefficient (Wildman–Crippen LogP) is 2.97. The van der Waals surface area contributed by atoms with Crippen LogP contribution >= 0.6 is 0 Å². The highest BCUT2D eigenvalue weighted by Gasteiger charge is 2.23. The van der Waals surface area contributed by atoms with Gasteiger partial charge in [-0.05, 0) is 49.2 Å². The zero-order chi connectivity index (χ0) is 16.8. The van der Waals surface area contributed by atoms with Gasteiger partial charge < -0.3 is 19.8 Å². The average molecular weight is 328 g/mol. The molecular formula is C18H20N2O4. The summed E-state index contributed by atoms with van der Waals surface area (Å²) in [5.41, 5.74) is 1.37. The monoisotopic (exact) mass is 328 g/mol. The lowest BCUT2D eigenvalue weighted by atomic mass is 10.2. The summed E-state index contributed by atoms with van der Waals surface area (Å²) in [4.78, 5) is 23.9. The normalized spacial score (nSPS) is 16.8. The van der Waals surface area contributed by atoms with Gasteiger partial charge >= 0.3 is 0 Å². The molecule has 2 heterocycles. The van der Waals surface area contributed by atoms with E-state index < -0.39 is 0 Å². The summed E-state index contributed by atoms with van der Waals surface area (Å²) >= 11 is 0. The average Bonchev–Trinajstić information content (AvgIpc) is 3.28. The highest BCUT2D eigenvalue weighted by atomic mass is 16.5. The number of hydrogen-bond acceptors (Lipinski definition) is 4. The molecule has 126 valence electrons. The van der Waals surface area contributed by atoms with Gasteiger partial charge in [-0.25, -0.2) is 0 Å². The maximum Gasteiger partial charge on any atom is 0.253 e. The van der Waals surface area contributed by atoms with Gasteiger partial charge in [0, 0.05) is 30.8 Å². The molecule has 1 atom stereocenters. The molecule has 1 aliphatic rings. The fourth-order valence-electron chi connectivity index (χ4n) is 2.56. The van der Waals surface area contributed by atoms with Gasteiger partial charge in [0.1, 0.15) is 11.9 Å². The van der Waals surface area contributed by atoms with Crippen molar-refractivity contribution in [2.24, 2.45) is 0 Å². The van der Waals surface area contributed by atoms with E-state index in [1.807, 2.05) is 6.07 Å². The van der Waals surface area contributed by atoms with E-state index in [4.69, 9.17) is 9.15 Å². The van der Waals surface area contributed by atoms with Crippen LogP contribution in [0.2, 0.25) is 0 Å².